The first-order chi connectivity index (χ1) is 16.9. The van der Waals surface area contributed by atoms with Crippen molar-refractivity contribution >= 4 is 23.7 Å². The SMILES string of the molecule is CC[C@@H](CC(=O)Nc1cccc(C)c1C(=O)O)NC(=O)OCC1c2ccccc2-c2ccccc21. The molecule has 0 saturated carbocycles. The smallest absolute Gasteiger partial charge is 0.407 e. The number of aryl methyl sites for hydroxylation is 1. The second-order valence-corrected chi connectivity index (χ2v) is 8.63. The lowest BCUT2D eigenvalue weighted by atomic mass is 9.98. The van der Waals surface area contributed by atoms with E-state index in [1.54, 1.807) is 25.1 Å². The summed E-state index contributed by atoms with van der Waals surface area (Å²) >= 11 is 0. The molecule has 0 radical (unpaired) electrons. The quantitative estimate of drug-likeness (QED) is 0.411. The molecule has 0 spiro atoms. The Morgan fingerprint density at radius 1 is 0.943 bits per heavy atom. The van der Waals surface area contributed by atoms with Crippen LogP contribution in [0.5, 0.6) is 0 Å². The lowest BCUT2D eigenvalue weighted by Crippen LogP contribution is -2.38. The van der Waals surface area contributed by atoms with Crippen molar-refractivity contribution in [1.82, 2.24) is 5.32 Å². The van der Waals surface area contributed by atoms with E-state index in [0.717, 1.165) is 22.3 Å². The normalized spacial score (nSPS) is 12.9. The molecule has 1 aliphatic carbocycles. The Hall–Kier alpha value is -4.13. The van der Waals surface area contributed by atoms with Crippen molar-refractivity contribution in [3.8, 4) is 11.1 Å². The van der Waals surface area contributed by atoms with Crippen LogP contribution in [0.3, 0.4) is 0 Å². The van der Waals surface area contributed by atoms with E-state index in [4.69, 9.17) is 4.74 Å². The summed E-state index contributed by atoms with van der Waals surface area (Å²) in [5.74, 6) is -1.54. The van der Waals surface area contributed by atoms with Crippen LogP contribution in [0.1, 0.15) is 52.7 Å². The Kier molecular flexibility index (Phi) is 7.15. The van der Waals surface area contributed by atoms with Gasteiger partial charge in [0.2, 0.25) is 5.91 Å². The first-order valence-corrected chi connectivity index (χ1v) is 11.6. The average Bonchev–Trinajstić information content (AvgIpc) is 3.16. The molecule has 35 heavy (non-hydrogen) atoms. The molecule has 0 aromatic heterocycles. The van der Waals surface area contributed by atoms with Crippen LogP contribution in [0.25, 0.3) is 11.1 Å². The zero-order chi connectivity index (χ0) is 24.9. The Morgan fingerprint density at radius 2 is 1.57 bits per heavy atom. The highest BCUT2D eigenvalue weighted by Gasteiger charge is 2.29. The van der Waals surface area contributed by atoms with Gasteiger partial charge in [0.05, 0.1) is 11.3 Å². The van der Waals surface area contributed by atoms with Crippen molar-refractivity contribution in [2.45, 2.75) is 38.6 Å². The van der Waals surface area contributed by atoms with Gasteiger partial charge >= 0.3 is 12.1 Å². The molecule has 3 aromatic rings. The maximum atomic E-state index is 12.6. The second-order valence-electron chi connectivity index (χ2n) is 8.63. The summed E-state index contributed by atoms with van der Waals surface area (Å²) in [4.78, 5) is 36.7. The predicted octanol–water partition coefficient (Wildman–Crippen LogP) is 5.34. The third-order valence-corrected chi connectivity index (χ3v) is 6.35. The monoisotopic (exact) mass is 472 g/mol. The zero-order valence-electron chi connectivity index (χ0n) is 19.7. The van der Waals surface area contributed by atoms with Gasteiger partial charge in [-0.25, -0.2) is 9.59 Å². The third kappa shape index (κ3) is 5.19. The zero-order valence-corrected chi connectivity index (χ0v) is 19.7. The molecule has 0 saturated heterocycles. The minimum absolute atomic E-state index is 0.00625. The number of ether oxygens (including phenoxy) is 1. The maximum absolute atomic E-state index is 12.6. The molecule has 0 aliphatic heterocycles. The van der Waals surface area contributed by atoms with Crippen LogP contribution < -0.4 is 10.6 Å². The Balaban J connectivity index is 1.36. The molecule has 1 atom stereocenters. The first-order valence-electron chi connectivity index (χ1n) is 11.6. The van der Waals surface area contributed by atoms with Crippen molar-refractivity contribution in [2.75, 3.05) is 11.9 Å². The number of aromatic carboxylic acids is 1. The number of hydrogen-bond acceptors (Lipinski definition) is 4. The topological polar surface area (TPSA) is 105 Å². The van der Waals surface area contributed by atoms with E-state index in [2.05, 4.69) is 34.9 Å². The summed E-state index contributed by atoms with van der Waals surface area (Å²) < 4.78 is 5.58. The molecule has 0 bridgehead atoms. The molecule has 180 valence electrons. The molecule has 7 nitrogen and oxygen atoms in total. The lowest BCUT2D eigenvalue weighted by molar-refractivity contribution is -0.116. The van der Waals surface area contributed by atoms with Crippen LogP contribution in [0.4, 0.5) is 10.5 Å². The number of carbonyl (C=O) groups excluding carboxylic acids is 2. The fourth-order valence-electron chi connectivity index (χ4n) is 4.59. The van der Waals surface area contributed by atoms with Crippen molar-refractivity contribution in [2.24, 2.45) is 0 Å². The summed E-state index contributed by atoms with van der Waals surface area (Å²) in [6, 6.07) is 20.7. The van der Waals surface area contributed by atoms with Crippen molar-refractivity contribution in [1.29, 1.82) is 0 Å². The van der Waals surface area contributed by atoms with E-state index in [1.165, 1.54) is 0 Å². The van der Waals surface area contributed by atoms with E-state index in [0.29, 0.717) is 12.0 Å². The second kappa shape index (κ2) is 10.4. The van der Waals surface area contributed by atoms with E-state index in [-0.39, 0.29) is 36.1 Å². The molecular formula is C28H28N2O5. The van der Waals surface area contributed by atoms with E-state index in [9.17, 15) is 19.5 Å². The molecule has 0 unspecified atom stereocenters. The molecular weight excluding hydrogens is 444 g/mol. The van der Waals surface area contributed by atoms with Crippen LogP contribution >= 0.6 is 0 Å². The van der Waals surface area contributed by atoms with E-state index >= 15 is 0 Å². The highest BCUT2D eigenvalue weighted by atomic mass is 16.5. The van der Waals surface area contributed by atoms with Gasteiger partial charge in [0.15, 0.2) is 0 Å². The minimum Gasteiger partial charge on any atom is -0.478 e. The standard InChI is InChI=1S/C28H28N2O5/c1-3-18(15-25(31)30-24-14-8-9-17(2)26(24)27(32)33)29-28(34)35-16-23-21-12-6-4-10-19(21)20-11-5-7-13-22(20)23/h4-14,18,23H,3,15-16H2,1-2H3,(H,29,34)(H,30,31)(H,32,33)/t18-/m0/s1. The molecule has 0 fully saturated rings. The molecule has 3 aromatic carbocycles. The van der Waals surface area contributed by atoms with Gasteiger partial charge in [0.1, 0.15) is 6.61 Å². The van der Waals surface area contributed by atoms with Gasteiger partial charge in [-0.1, -0.05) is 67.6 Å². The van der Waals surface area contributed by atoms with Gasteiger partial charge in [-0.15, -0.1) is 0 Å². The number of carboxylic acid groups (broad SMARTS) is 1. The largest absolute Gasteiger partial charge is 0.478 e. The summed E-state index contributed by atoms with van der Waals surface area (Å²) in [6.45, 7) is 3.72. The summed E-state index contributed by atoms with van der Waals surface area (Å²) in [5, 5.41) is 14.9. The number of nitrogens with one attached hydrogen (secondary N) is 2. The van der Waals surface area contributed by atoms with Gasteiger partial charge in [-0.2, -0.15) is 0 Å². The summed E-state index contributed by atoms with van der Waals surface area (Å²) in [6.07, 6.45) is -0.0847. The molecule has 0 heterocycles. The van der Waals surface area contributed by atoms with Gasteiger partial charge in [-0.05, 0) is 47.2 Å². The highest BCUT2D eigenvalue weighted by molar-refractivity contribution is 6.01. The number of alkyl carbamates (subject to hydrolysis) is 1. The fourth-order valence-corrected chi connectivity index (χ4v) is 4.59. The Labute approximate surface area is 204 Å². The minimum atomic E-state index is -1.11. The van der Waals surface area contributed by atoms with E-state index in [1.807, 2.05) is 31.2 Å². The molecule has 2 amide bonds. The van der Waals surface area contributed by atoms with Crippen LogP contribution in [0, 0.1) is 6.92 Å². The molecule has 1 aliphatic rings. The van der Waals surface area contributed by atoms with Gasteiger partial charge in [0.25, 0.3) is 0 Å². The first kappa shape index (κ1) is 24.0. The molecule has 3 N–H and O–H groups in total. The Morgan fingerprint density at radius 3 is 2.17 bits per heavy atom. The van der Waals surface area contributed by atoms with Gasteiger partial charge in [0, 0.05) is 18.4 Å². The number of amides is 2. The van der Waals surface area contributed by atoms with Crippen LogP contribution in [0.2, 0.25) is 0 Å². The number of carboxylic acids is 1. The van der Waals surface area contributed by atoms with Gasteiger partial charge in [-0.3, -0.25) is 4.79 Å². The van der Waals surface area contributed by atoms with E-state index < -0.39 is 18.1 Å². The van der Waals surface area contributed by atoms with Crippen LogP contribution in [-0.2, 0) is 9.53 Å². The number of carbonyl (C=O) groups is 3. The van der Waals surface area contributed by atoms with Crippen molar-refractivity contribution < 1.29 is 24.2 Å². The number of rotatable bonds is 8. The third-order valence-electron chi connectivity index (χ3n) is 6.35. The molecule has 4 rings (SSSR count). The van der Waals surface area contributed by atoms with Gasteiger partial charge < -0.3 is 20.5 Å². The average molecular weight is 473 g/mol. The number of benzene rings is 3. The maximum Gasteiger partial charge on any atom is 0.407 e. The van der Waals surface area contributed by atoms with Crippen LogP contribution in [-0.4, -0.2) is 35.7 Å². The van der Waals surface area contributed by atoms with Crippen LogP contribution in [0.15, 0.2) is 66.7 Å². The summed E-state index contributed by atoms with van der Waals surface area (Å²) in [7, 11) is 0. The predicted molar refractivity (Wildman–Crippen MR) is 134 cm³/mol. The number of anilines is 1. The highest BCUT2D eigenvalue weighted by Crippen LogP contribution is 2.44. The van der Waals surface area contributed by atoms with Crippen molar-refractivity contribution in [3.63, 3.8) is 0 Å². The molecule has 7 heteroatoms. The fraction of sp³-hybridized carbons (Fsp3) is 0.250. The lowest BCUT2D eigenvalue weighted by Gasteiger charge is -2.19. The van der Waals surface area contributed by atoms with Crippen molar-refractivity contribution in [3.05, 3.63) is 89.0 Å². The Bertz CT molecular complexity index is 1220. The number of fused-ring (bicyclic) bond motifs is 3. The summed E-state index contributed by atoms with van der Waals surface area (Å²) in [5.41, 5.74) is 5.39. The number of hydrogen-bond donors (Lipinski definition) is 3.